The summed E-state index contributed by atoms with van der Waals surface area (Å²) in [6.45, 7) is 1.89. The lowest BCUT2D eigenvalue weighted by Crippen LogP contribution is -2.25. The fourth-order valence-corrected chi connectivity index (χ4v) is 3.85. The fraction of sp³-hybridized carbons (Fsp3) is 0.467. The van der Waals surface area contributed by atoms with Crippen LogP contribution >= 0.6 is 0 Å². The van der Waals surface area contributed by atoms with Gasteiger partial charge in [-0.25, -0.2) is 0 Å². The first-order valence-corrected chi connectivity index (χ1v) is 8.31. The zero-order valence-corrected chi connectivity index (χ0v) is 12.7. The summed E-state index contributed by atoms with van der Waals surface area (Å²) in [5, 5.41) is 11.6. The standard InChI is InChI=1S/C15H19NO4S/c1-11-4-2-3-5-12(11)16-13(17)9-21(20)10-15(6-7-15)8-14(18)19/h2-5H,6-10H2,1H3,(H,16,17)(H,18,19). The molecule has 0 radical (unpaired) electrons. The fourth-order valence-electron chi connectivity index (χ4n) is 2.31. The molecule has 1 amide bonds. The molecule has 2 rings (SSSR count). The summed E-state index contributed by atoms with van der Waals surface area (Å²) in [5.74, 6) is -0.960. The van der Waals surface area contributed by atoms with Crippen molar-refractivity contribution in [2.75, 3.05) is 16.8 Å². The van der Waals surface area contributed by atoms with Gasteiger partial charge in [0.15, 0.2) is 0 Å². The van der Waals surface area contributed by atoms with Crippen molar-refractivity contribution < 1.29 is 18.9 Å². The Balaban J connectivity index is 1.84. The molecule has 6 heteroatoms. The summed E-state index contributed by atoms with van der Waals surface area (Å²) in [5.41, 5.74) is 1.31. The van der Waals surface area contributed by atoms with Gasteiger partial charge < -0.3 is 10.4 Å². The summed E-state index contributed by atoms with van der Waals surface area (Å²) in [4.78, 5) is 22.6. The van der Waals surface area contributed by atoms with Gasteiger partial charge in [0.05, 0.1) is 6.42 Å². The molecule has 1 aromatic rings. The Hall–Kier alpha value is -1.69. The third kappa shape index (κ3) is 4.67. The van der Waals surface area contributed by atoms with E-state index in [1.54, 1.807) is 6.07 Å². The smallest absolute Gasteiger partial charge is 0.303 e. The number of para-hydroxylation sites is 1. The number of benzene rings is 1. The summed E-state index contributed by atoms with van der Waals surface area (Å²) in [7, 11) is -1.33. The second-order valence-electron chi connectivity index (χ2n) is 5.66. The molecule has 1 aliphatic carbocycles. The summed E-state index contributed by atoms with van der Waals surface area (Å²) in [6.07, 6.45) is 1.60. The van der Waals surface area contributed by atoms with Crippen molar-refractivity contribution in [3.05, 3.63) is 29.8 Å². The third-order valence-electron chi connectivity index (χ3n) is 3.66. The highest BCUT2D eigenvalue weighted by atomic mass is 32.2. The average molecular weight is 309 g/mol. The van der Waals surface area contributed by atoms with Crippen LogP contribution in [0.2, 0.25) is 0 Å². The number of carbonyl (C=O) groups is 2. The number of hydrogen-bond donors (Lipinski definition) is 2. The second-order valence-corrected chi connectivity index (χ2v) is 7.12. The van der Waals surface area contributed by atoms with Crippen LogP contribution in [0.25, 0.3) is 0 Å². The van der Waals surface area contributed by atoms with Crippen LogP contribution in [0.5, 0.6) is 0 Å². The third-order valence-corrected chi connectivity index (χ3v) is 5.18. The minimum atomic E-state index is -1.33. The van der Waals surface area contributed by atoms with E-state index in [1.807, 2.05) is 25.1 Å². The molecule has 1 saturated carbocycles. The molecular formula is C15H19NO4S. The lowest BCUT2D eigenvalue weighted by molar-refractivity contribution is -0.138. The van der Waals surface area contributed by atoms with Gasteiger partial charge in [-0.15, -0.1) is 0 Å². The Kier molecular flexibility index (Phi) is 4.77. The number of carboxylic acids is 1. The molecular weight excluding hydrogens is 290 g/mol. The van der Waals surface area contributed by atoms with Gasteiger partial charge in [0.1, 0.15) is 5.75 Å². The number of amides is 1. The topological polar surface area (TPSA) is 83.5 Å². The van der Waals surface area contributed by atoms with E-state index in [4.69, 9.17) is 5.11 Å². The molecule has 1 aromatic carbocycles. The number of nitrogens with one attached hydrogen (secondary N) is 1. The van der Waals surface area contributed by atoms with E-state index < -0.39 is 16.8 Å². The van der Waals surface area contributed by atoms with Crippen LogP contribution in [0.15, 0.2) is 24.3 Å². The molecule has 114 valence electrons. The van der Waals surface area contributed by atoms with Crippen molar-refractivity contribution in [2.45, 2.75) is 26.2 Å². The molecule has 0 bridgehead atoms. The Bertz CT molecular complexity index is 581. The monoisotopic (exact) mass is 309 g/mol. The zero-order valence-electron chi connectivity index (χ0n) is 11.9. The lowest BCUT2D eigenvalue weighted by atomic mass is 10.1. The van der Waals surface area contributed by atoms with Crippen molar-refractivity contribution >= 4 is 28.4 Å². The summed E-state index contributed by atoms with van der Waals surface area (Å²) in [6, 6.07) is 7.39. The van der Waals surface area contributed by atoms with Crippen molar-refractivity contribution in [1.29, 1.82) is 0 Å². The molecule has 5 nitrogen and oxygen atoms in total. The predicted molar refractivity (Wildman–Crippen MR) is 81.6 cm³/mol. The number of anilines is 1. The van der Waals surface area contributed by atoms with Crippen LogP contribution in [0.3, 0.4) is 0 Å². The summed E-state index contributed by atoms with van der Waals surface area (Å²) < 4.78 is 12.0. The Morgan fingerprint density at radius 3 is 2.57 bits per heavy atom. The quantitative estimate of drug-likeness (QED) is 0.806. The van der Waals surface area contributed by atoms with Gasteiger partial charge >= 0.3 is 5.97 Å². The number of aliphatic carboxylic acids is 1. The number of carbonyl (C=O) groups excluding carboxylic acids is 1. The van der Waals surface area contributed by atoms with Crippen molar-refractivity contribution in [3.63, 3.8) is 0 Å². The number of hydrogen-bond acceptors (Lipinski definition) is 3. The van der Waals surface area contributed by atoms with Gasteiger partial charge in [0.2, 0.25) is 5.91 Å². The highest BCUT2D eigenvalue weighted by molar-refractivity contribution is 7.85. The first kappa shape index (κ1) is 15.7. The van der Waals surface area contributed by atoms with E-state index in [1.165, 1.54) is 0 Å². The largest absolute Gasteiger partial charge is 0.481 e. The molecule has 0 aromatic heterocycles. The van der Waals surface area contributed by atoms with E-state index in [2.05, 4.69) is 5.32 Å². The average Bonchev–Trinajstić information content (AvgIpc) is 3.10. The minimum absolute atomic E-state index is 0.0398. The highest BCUT2D eigenvalue weighted by Crippen LogP contribution is 2.49. The molecule has 1 atom stereocenters. The maximum absolute atomic E-state index is 12.0. The molecule has 2 N–H and O–H groups in total. The first-order valence-electron chi connectivity index (χ1n) is 6.82. The SMILES string of the molecule is Cc1ccccc1NC(=O)CS(=O)CC1(CC(=O)O)CC1. The molecule has 1 fully saturated rings. The number of carboxylic acid groups (broad SMARTS) is 1. The van der Waals surface area contributed by atoms with Gasteiger partial charge in [-0.05, 0) is 36.8 Å². The molecule has 1 aliphatic rings. The minimum Gasteiger partial charge on any atom is -0.481 e. The number of aryl methyl sites for hydroxylation is 1. The molecule has 21 heavy (non-hydrogen) atoms. The Morgan fingerprint density at radius 1 is 1.33 bits per heavy atom. The lowest BCUT2D eigenvalue weighted by Gasteiger charge is -2.12. The Morgan fingerprint density at radius 2 is 2.00 bits per heavy atom. The second kappa shape index (κ2) is 6.39. The van der Waals surface area contributed by atoms with Gasteiger partial charge in [-0.1, -0.05) is 18.2 Å². The van der Waals surface area contributed by atoms with Crippen molar-refractivity contribution in [3.8, 4) is 0 Å². The molecule has 0 spiro atoms. The van der Waals surface area contributed by atoms with Crippen LogP contribution in [0.1, 0.15) is 24.8 Å². The van der Waals surface area contributed by atoms with Crippen molar-refractivity contribution in [2.24, 2.45) is 5.41 Å². The predicted octanol–water partition coefficient (Wildman–Crippen LogP) is 1.94. The van der Waals surface area contributed by atoms with E-state index >= 15 is 0 Å². The van der Waals surface area contributed by atoms with Crippen LogP contribution < -0.4 is 5.32 Å². The van der Waals surface area contributed by atoms with E-state index in [0.717, 1.165) is 18.4 Å². The first-order chi connectivity index (χ1) is 9.90. The zero-order chi connectivity index (χ0) is 15.5. The van der Waals surface area contributed by atoms with E-state index in [-0.39, 0.29) is 23.5 Å². The number of rotatable bonds is 7. The molecule has 1 unspecified atom stereocenters. The highest BCUT2D eigenvalue weighted by Gasteiger charge is 2.45. The normalized spacial score (nSPS) is 17.0. The summed E-state index contributed by atoms with van der Waals surface area (Å²) >= 11 is 0. The van der Waals surface area contributed by atoms with Gasteiger partial charge in [-0.2, -0.15) is 0 Å². The van der Waals surface area contributed by atoms with E-state index in [0.29, 0.717) is 11.4 Å². The molecule has 0 heterocycles. The van der Waals surface area contributed by atoms with E-state index in [9.17, 15) is 13.8 Å². The van der Waals surface area contributed by atoms with Crippen molar-refractivity contribution in [1.82, 2.24) is 0 Å². The van der Waals surface area contributed by atoms with Gasteiger partial charge in [-0.3, -0.25) is 13.8 Å². The van der Waals surface area contributed by atoms with Crippen LogP contribution in [-0.2, 0) is 20.4 Å². The maximum Gasteiger partial charge on any atom is 0.303 e. The molecule has 0 saturated heterocycles. The van der Waals surface area contributed by atoms with Crippen LogP contribution in [0, 0.1) is 12.3 Å². The maximum atomic E-state index is 12.0. The van der Waals surface area contributed by atoms with Crippen LogP contribution in [0.4, 0.5) is 5.69 Å². The van der Waals surface area contributed by atoms with Crippen LogP contribution in [-0.4, -0.2) is 32.7 Å². The Labute approximate surface area is 126 Å². The molecule has 0 aliphatic heterocycles. The van der Waals surface area contributed by atoms with Gasteiger partial charge in [0.25, 0.3) is 0 Å². The van der Waals surface area contributed by atoms with Gasteiger partial charge in [0, 0.05) is 22.2 Å².